The summed E-state index contributed by atoms with van der Waals surface area (Å²) in [7, 11) is 0. The summed E-state index contributed by atoms with van der Waals surface area (Å²) in [6.07, 6.45) is 23.7. The first-order chi connectivity index (χ1) is 13.8. The molecular formula is C28H44. The molecule has 2 aliphatic carbocycles. The Balaban J connectivity index is 1.32. The largest absolute Gasteiger partial charge is 0.0850 e. The van der Waals surface area contributed by atoms with E-state index in [0.717, 1.165) is 17.8 Å². The molecule has 0 amide bonds. The van der Waals surface area contributed by atoms with Crippen molar-refractivity contribution in [3.63, 3.8) is 0 Å². The van der Waals surface area contributed by atoms with Crippen LogP contribution in [0.4, 0.5) is 0 Å². The van der Waals surface area contributed by atoms with Gasteiger partial charge in [-0.05, 0) is 73.8 Å². The zero-order valence-corrected chi connectivity index (χ0v) is 18.7. The molecule has 2 aliphatic rings. The van der Waals surface area contributed by atoms with Gasteiger partial charge in [0.25, 0.3) is 0 Å². The molecule has 0 nitrogen and oxygen atoms in total. The van der Waals surface area contributed by atoms with Crippen molar-refractivity contribution < 1.29 is 0 Å². The molecule has 0 N–H and O–H groups in total. The van der Waals surface area contributed by atoms with Crippen LogP contribution in [0.25, 0.3) is 0 Å². The topological polar surface area (TPSA) is 0 Å². The van der Waals surface area contributed by atoms with Crippen LogP contribution in [0, 0.1) is 17.8 Å². The molecule has 0 bridgehead atoms. The predicted molar refractivity (Wildman–Crippen MR) is 124 cm³/mol. The maximum atomic E-state index is 2.61. The van der Waals surface area contributed by atoms with Crippen LogP contribution >= 0.6 is 0 Å². The highest BCUT2D eigenvalue weighted by Gasteiger charge is 2.22. The van der Waals surface area contributed by atoms with Crippen LogP contribution in [0.15, 0.2) is 35.9 Å². The van der Waals surface area contributed by atoms with Crippen LogP contribution in [0.2, 0.25) is 0 Å². The zero-order valence-electron chi connectivity index (χ0n) is 18.7. The standard InChI is InChI=1S/C28H44/c1-3-5-23-7-11-25(12-8-23)15-17-27-19-21-28(22-20-27)18-16-26-13-9-24(6-4-2)10-14-26/h7-8,11-12,19,24,26,28H,3-6,9-10,13-18,20-22H2,1-2H3. The van der Waals surface area contributed by atoms with Crippen LogP contribution in [-0.2, 0) is 12.8 Å². The van der Waals surface area contributed by atoms with Crippen molar-refractivity contribution in [3.05, 3.63) is 47.0 Å². The van der Waals surface area contributed by atoms with Crippen LogP contribution < -0.4 is 0 Å². The van der Waals surface area contributed by atoms with Crippen LogP contribution in [0.3, 0.4) is 0 Å². The van der Waals surface area contributed by atoms with Crippen molar-refractivity contribution >= 4 is 0 Å². The van der Waals surface area contributed by atoms with Gasteiger partial charge in [0.1, 0.15) is 0 Å². The van der Waals surface area contributed by atoms with E-state index in [-0.39, 0.29) is 0 Å². The van der Waals surface area contributed by atoms with Crippen molar-refractivity contribution in [1.82, 2.24) is 0 Å². The van der Waals surface area contributed by atoms with E-state index in [1.165, 1.54) is 107 Å². The summed E-state index contributed by atoms with van der Waals surface area (Å²) in [6.45, 7) is 4.61. The molecule has 0 spiro atoms. The number of hydrogen-bond donors (Lipinski definition) is 0. The molecule has 1 aromatic rings. The fourth-order valence-electron chi connectivity index (χ4n) is 5.59. The minimum absolute atomic E-state index is 0.977. The lowest BCUT2D eigenvalue weighted by Gasteiger charge is -2.30. The molecule has 28 heavy (non-hydrogen) atoms. The van der Waals surface area contributed by atoms with Crippen molar-refractivity contribution in [1.29, 1.82) is 0 Å². The Labute approximate surface area is 175 Å². The second-order valence-corrected chi connectivity index (χ2v) is 9.82. The highest BCUT2D eigenvalue weighted by molar-refractivity contribution is 5.23. The first-order valence-corrected chi connectivity index (χ1v) is 12.5. The molecule has 1 unspecified atom stereocenters. The van der Waals surface area contributed by atoms with Crippen molar-refractivity contribution in [2.24, 2.45) is 17.8 Å². The summed E-state index contributed by atoms with van der Waals surface area (Å²) in [4.78, 5) is 0. The zero-order chi connectivity index (χ0) is 19.6. The maximum Gasteiger partial charge on any atom is -0.0241 e. The molecule has 3 rings (SSSR count). The first kappa shape index (κ1) is 21.7. The van der Waals surface area contributed by atoms with E-state index in [9.17, 15) is 0 Å². The van der Waals surface area contributed by atoms with E-state index < -0.39 is 0 Å². The van der Waals surface area contributed by atoms with Crippen molar-refractivity contribution in [3.8, 4) is 0 Å². The van der Waals surface area contributed by atoms with E-state index in [1.54, 1.807) is 5.57 Å². The molecule has 1 fully saturated rings. The lowest BCUT2D eigenvalue weighted by Crippen LogP contribution is -2.16. The Kier molecular flexibility index (Phi) is 9.16. The van der Waals surface area contributed by atoms with E-state index in [0.29, 0.717) is 0 Å². The Morgan fingerprint density at radius 2 is 1.25 bits per heavy atom. The summed E-state index contributed by atoms with van der Waals surface area (Å²) in [5, 5.41) is 0. The number of benzene rings is 1. The van der Waals surface area contributed by atoms with Gasteiger partial charge in [-0.15, -0.1) is 0 Å². The van der Waals surface area contributed by atoms with Gasteiger partial charge in [-0.2, -0.15) is 0 Å². The molecule has 0 heteroatoms. The smallest absolute Gasteiger partial charge is 0.0241 e. The predicted octanol–water partition coefficient (Wildman–Crippen LogP) is 8.68. The Morgan fingerprint density at radius 3 is 1.82 bits per heavy atom. The van der Waals surface area contributed by atoms with Gasteiger partial charge in [-0.3, -0.25) is 0 Å². The van der Waals surface area contributed by atoms with Gasteiger partial charge in [0.15, 0.2) is 0 Å². The molecule has 1 atom stereocenters. The lowest BCUT2D eigenvalue weighted by atomic mass is 9.76. The normalized spacial score (nSPS) is 25.5. The molecule has 0 aliphatic heterocycles. The third-order valence-corrected chi connectivity index (χ3v) is 7.56. The second kappa shape index (κ2) is 11.8. The molecular weight excluding hydrogens is 336 g/mol. The highest BCUT2D eigenvalue weighted by atomic mass is 14.3. The lowest BCUT2D eigenvalue weighted by molar-refractivity contribution is 0.236. The average molecular weight is 381 g/mol. The first-order valence-electron chi connectivity index (χ1n) is 12.5. The van der Waals surface area contributed by atoms with Crippen molar-refractivity contribution in [2.75, 3.05) is 0 Å². The molecule has 156 valence electrons. The third kappa shape index (κ3) is 7.09. The van der Waals surface area contributed by atoms with E-state index in [2.05, 4.69) is 44.2 Å². The minimum Gasteiger partial charge on any atom is -0.0850 e. The van der Waals surface area contributed by atoms with Gasteiger partial charge in [0, 0.05) is 0 Å². The molecule has 1 saturated carbocycles. The van der Waals surface area contributed by atoms with Gasteiger partial charge in [0.05, 0.1) is 0 Å². The molecule has 1 aromatic carbocycles. The monoisotopic (exact) mass is 380 g/mol. The summed E-state index contributed by atoms with van der Waals surface area (Å²) < 4.78 is 0. The summed E-state index contributed by atoms with van der Waals surface area (Å²) in [6, 6.07) is 9.37. The van der Waals surface area contributed by atoms with Gasteiger partial charge >= 0.3 is 0 Å². The minimum atomic E-state index is 0.977. The van der Waals surface area contributed by atoms with Gasteiger partial charge in [-0.1, -0.05) is 101 Å². The number of aryl methyl sites for hydroxylation is 2. The Bertz CT molecular complexity index is 571. The highest BCUT2D eigenvalue weighted by Crippen LogP contribution is 2.36. The van der Waals surface area contributed by atoms with Crippen LogP contribution in [-0.4, -0.2) is 0 Å². The van der Waals surface area contributed by atoms with E-state index in [4.69, 9.17) is 0 Å². The maximum absolute atomic E-state index is 2.61. The number of allylic oxidation sites excluding steroid dienone is 2. The molecule has 0 radical (unpaired) electrons. The fraction of sp³-hybridized carbons (Fsp3) is 0.714. The Hall–Kier alpha value is -1.04. The Morgan fingerprint density at radius 1 is 0.643 bits per heavy atom. The molecule has 0 aromatic heterocycles. The second-order valence-electron chi connectivity index (χ2n) is 9.82. The van der Waals surface area contributed by atoms with E-state index in [1.807, 2.05) is 0 Å². The van der Waals surface area contributed by atoms with Crippen LogP contribution in [0.5, 0.6) is 0 Å². The summed E-state index contributed by atoms with van der Waals surface area (Å²) in [5.74, 6) is 3.09. The number of rotatable bonds is 10. The van der Waals surface area contributed by atoms with Crippen molar-refractivity contribution in [2.45, 2.75) is 110 Å². The SMILES string of the molecule is CCCc1ccc(CCC2=CCC(CCC3CCC(CCC)CC3)CC2)cc1. The third-order valence-electron chi connectivity index (χ3n) is 7.56. The number of hydrogen-bond acceptors (Lipinski definition) is 0. The quantitative estimate of drug-likeness (QED) is 0.356. The van der Waals surface area contributed by atoms with Gasteiger partial charge in [-0.25, -0.2) is 0 Å². The molecule has 0 heterocycles. The fourth-order valence-corrected chi connectivity index (χ4v) is 5.59. The van der Waals surface area contributed by atoms with Gasteiger partial charge < -0.3 is 0 Å². The van der Waals surface area contributed by atoms with Gasteiger partial charge in [0.2, 0.25) is 0 Å². The van der Waals surface area contributed by atoms with E-state index >= 15 is 0 Å². The van der Waals surface area contributed by atoms with Crippen LogP contribution in [0.1, 0.15) is 108 Å². The molecule has 0 saturated heterocycles. The summed E-state index contributed by atoms with van der Waals surface area (Å²) in [5.41, 5.74) is 4.74. The summed E-state index contributed by atoms with van der Waals surface area (Å²) >= 11 is 0. The average Bonchev–Trinajstić information content (AvgIpc) is 2.74.